The third-order valence-corrected chi connectivity index (χ3v) is 6.02. The van der Waals surface area contributed by atoms with Gasteiger partial charge in [0.1, 0.15) is 5.76 Å². The molecule has 1 atom stereocenters. The van der Waals surface area contributed by atoms with Crippen LogP contribution < -0.4 is 20.1 Å². The van der Waals surface area contributed by atoms with Crippen LogP contribution in [0.5, 0.6) is 11.5 Å². The quantitative estimate of drug-likeness (QED) is 0.538. The van der Waals surface area contributed by atoms with Crippen molar-refractivity contribution in [1.29, 1.82) is 0 Å². The molecule has 0 saturated heterocycles. The van der Waals surface area contributed by atoms with E-state index < -0.39 is 0 Å². The highest BCUT2D eigenvalue weighted by atomic mass is 32.2. The molecule has 2 N–H and O–H groups in total. The zero-order chi connectivity index (χ0) is 19.3. The molecule has 4 rings (SSSR count). The van der Waals surface area contributed by atoms with Crippen molar-refractivity contribution in [2.24, 2.45) is 0 Å². The highest BCUT2D eigenvalue weighted by Crippen LogP contribution is 2.32. The van der Waals surface area contributed by atoms with Gasteiger partial charge in [-0.15, -0.1) is 10.2 Å². The monoisotopic (exact) mass is 418 g/mol. The second kappa shape index (κ2) is 8.53. The van der Waals surface area contributed by atoms with E-state index in [4.69, 9.17) is 13.9 Å². The van der Waals surface area contributed by atoms with Crippen molar-refractivity contribution < 1.29 is 18.7 Å². The van der Waals surface area contributed by atoms with E-state index in [1.807, 2.05) is 37.3 Å². The highest BCUT2D eigenvalue weighted by molar-refractivity contribution is 8.02. The summed E-state index contributed by atoms with van der Waals surface area (Å²) < 4.78 is 16.6. The largest absolute Gasteiger partial charge is 0.467 e. The Morgan fingerprint density at radius 1 is 1.25 bits per heavy atom. The van der Waals surface area contributed by atoms with Crippen molar-refractivity contribution in [3.05, 3.63) is 47.9 Å². The average Bonchev–Trinajstić information content (AvgIpc) is 3.45. The first kappa shape index (κ1) is 18.6. The van der Waals surface area contributed by atoms with Crippen LogP contribution in [0.25, 0.3) is 0 Å². The summed E-state index contributed by atoms with van der Waals surface area (Å²) in [4.78, 5) is 12.4. The first-order chi connectivity index (χ1) is 13.7. The number of hydrogen-bond donors (Lipinski definition) is 2. The van der Waals surface area contributed by atoms with Crippen LogP contribution in [-0.4, -0.2) is 28.1 Å². The fraction of sp³-hybridized carbons (Fsp3) is 0.278. The van der Waals surface area contributed by atoms with Gasteiger partial charge in [0.25, 0.3) is 0 Å². The number of rotatable bonds is 8. The van der Waals surface area contributed by atoms with Crippen LogP contribution in [0, 0.1) is 0 Å². The molecule has 3 heterocycles. The van der Waals surface area contributed by atoms with Crippen molar-refractivity contribution in [3.8, 4) is 11.5 Å². The zero-order valence-electron chi connectivity index (χ0n) is 15.0. The molecule has 2 aromatic heterocycles. The molecule has 1 aromatic carbocycles. The van der Waals surface area contributed by atoms with E-state index in [1.54, 1.807) is 6.26 Å². The van der Waals surface area contributed by atoms with Gasteiger partial charge in [-0.25, -0.2) is 0 Å². The van der Waals surface area contributed by atoms with Gasteiger partial charge in [0, 0.05) is 6.54 Å². The lowest BCUT2D eigenvalue weighted by molar-refractivity contribution is -0.120. The molecule has 1 aliphatic heterocycles. The number of ether oxygens (including phenoxy) is 2. The fourth-order valence-corrected chi connectivity index (χ4v) is 4.41. The average molecular weight is 419 g/mol. The van der Waals surface area contributed by atoms with Crippen LogP contribution >= 0.6 is 23.1 Å². The maximum absolute atomic E-state index is 12.4. The van der Waals surface area contributed by atoms with E-state index in [2.05, 4.69) is 20.8 Å². The van der Waals surface area contributed by atoms with Gasteiger partial charge in [-0.2, -0.15) is 0 Å². The normalized spacial score (nSPS) is 13.3. The summed E-state index contributed by atoms with van der Waals surface area (Å²) in [5.74, 6) is 2.19. The topological polar surface area (TPSA) is 98.5 Å². The van der Waals surface area contributed by atoms with Crippen LogP contribution in [-0.2, 0) is 17.9 Å². The number of aromatic nitrogens is 2. The predicted octanol–water partition coefficient (Wildman–Crippen LogP) is 3.27. The number of thioether (sulfide) groups is 1. The second-order valence-electron chi connectivity index (χ2n) is 5.97. The number of carbonyl (C=O) groups is 1. The minimum atomic E-state index is -0.292. The van der Waals surface area contributed by atoms with E-state index in [-0.39, 0.29) is 18.0 Å². The summed E-state index contributed by atoms with van der Waals surface area (Å²) in [6, 6.07) is 9.36. The van der Waals surface area contributed by atoms with Gasteiger partial charge < -0.3 is 24.5 Å². The zero-order valence-corrected chi connectivity index (χ0v) is 16.6. The number of hydrogen-bond acceptors (Lipinski definition) is 9. The third-order valence-electron chi connectivity index (χ3n) is 3.95. The fourth-order valence-electron chi connectivity index (χ4n) is 2.49. The summed E-state index contributed by atoms with van der Waals surface area (Å²) >= 11 is 2.78. The number of fused-ring (bicyclic) bond motifs is 1. The van der Waals surface area contributed by atoms with E-state index in [1.165, 1.54) is 23.1 Å². The number of nitrogens with zero attached hydrogens (tertiary/aromatic N) is 2. The Labute approximate surface area is 169 Å². The molecule has 8 nitrogen and oxygen atoms in total. The summed E-state index contributed by atoms with van der Waals surface area (Å²) in [5, 5.41) is 14.7. The molecule has 28 heavy (non-hydrogen) atoms. The molecular weight excluding hydrogens is 400 g/mol. The Morgan fingerprint density at radius 3 is 3.00 bits per heavy atom. The van der Waals surface area contributed by atoms with Gasteiger partial charge in [-0.1, -0.05) is 29.2 Å². The SMILES string of the molecule is C[C@H](Sc1nnc(NCc2ccco2)s1)C(=O)NCc1ccc2c(c1)OCO2. The van der Waals surface area contributed by atoms with E-state index in [0.29, 0.717) is 24.0 Å². The number of carbonyl (C=O) groups excluding carboxylic acids is 1. The minimum absolute atomic E-state index is 0.0667. The molecule has 10 heteroatoms. The van der Waals surface area contributed by atoms with Gasteiger partial charge >= 0.3 is 0 Å². The molecule has 0 unspecified atom stereocenters. The summed E-state index contributed by atoms with van der Waals surface area (Å²) in [6.45, 7) is 3.04. The summed E-state index contributed by atoms with van der Waals surface area (Å²) in [6.07, 6.45) is 1.63. The molecule has 0 fully saturated rings. The Kier molecular flexibility index (Phi) is 5.68. The van der Waals surface area contributed by atoms with Crippen LogP contribution in [0.2, 0.25) is 0 Å². The predicted molar refractivity (Wildman–Crippen MR) is 106 cm³/mol. The van der Waals surface area contributed by atoms with Gasteiger partial charge in [0.05, 0.1) is 18.1 Å². The number of benzene rings is 1. The minimum Gasteiger partial charge on any atom is -0.467 e. The van der Waals surface area contributed by atoms with E-state index >= 15 is 0 Å². The first-order valence-corrected chi connectivity index (χ1v) is 10.3. The third kappa shape index (κ3) is 4.57. The summed E-state index contributed by atoms with van der Waals surface area (Å²) in [7, 11) is 0. The number of nitrogens with one attached hydrogen (secondary N) is 2. The lowest BCUT2D eigenvalue weighted by Gasteiger charge is -2.10. The molecule has 0 saturated carbocycles. The van der Waals surface area contributed by atoms with Crippen molar-refractivity contribution in [3.63, 3.8) is 0 Å². The van der Waals surface area contributed by atoms with Crippen LogP contribution in [0.15, 0.2) is 45.4 Å². The lowest BCUT2D eigenvalue weighted by Crippen LogP contribution is -2.30. The lowest BCUT2D eigenvalue weighted by atomic mass is 10.2. The molecule has 0 spiro atoms. The summed E-state index contributed by atoms with van der Waals surface area (Å²) in [5.41, 5.74) is 0.954. The maximum atomic E-state index is 12.4. The van der Waals surface area contributed by atoms with Crippen molar-refractivity contribution in [1.82, 2.24) is 15.5 Å². The van der Waals surface area contributed by atoms with Crippen molar-refractivity contribution in [2.45, 2.75) is 29.6 Å². The van der Waals surface area contributed by atoms with E-state index in [9.17, 15) is 4.79 Å². The maximum Gasteiger partial charge on any atom is 0.233 e. The number of furan rings is 1. The Balaban J connectivity index is 1.25. The van der Waals surface area contributed by atoms with Crippen LogP contribution in [0.4, 0.5) is 5.13 Å². The Hall–Kier alpha value is -2.72. The van der Waals surface area contributed by atoms with Gasteiger partial charge in [-0.3, -0.25) is 4.79 Å². The Morgan fingerprint density at radius 2 is 2.14 bits per heavy atom. The molecule has 146 valence electrons. The molecular formula is C18H18N4O4S2. The molecule has 1 aliphatic rings. The van der Waals surface area contributed by atoms with Crippen molar-refractivity contribution >= 4 is 34.1 Å². The van der Waals surface area contributed by atoms with Gasteiger partial charge in [0.15, 0.2) is 15.8 Å². The van der Waals surface area contributed by atoms with Crippen molar-refractivity contribution in [2.75, 3.05) is 12.1 Å². The van der Waals surface area contributed by atoms with Crippen LogP contribution in [0.1, 0.15) is 18.2 Å². The molecule has 1 amide bonds. The number of anilines is 1. The smallest absolute Gasteiger partial charge is 0.233 e. The van der Waals surface area contributed by atoms with E-state index in [0.717, 1.165) is 21.4 Å². The standard InChI is InChI=1S/C18H18N4O4S2/c1-11(16(23)19-8-12-4-5-14-15(7-12)26-10-25-14)27-18-22-21-17(28-18)20-9-13-3-2-6-24-13/h2-7,11H,8-10H2,1H3,(H,19,23)(H,20,21)/t11-/m0/s1. The number of amides is 1. The Bertz CT molecular complexity index is 945. The first-order valence-electron chi connectivity index (χ1n) is 8.60. The molecule has 0 aliphatic carbocycles. The highest BCUT2D eigenvalue weighted by Gasteiger charge is 2.18. The van der Waals surface area contributed by atoms with Gasteiger partial charge in [0.2, 0.25) is 17.8 Å². The molecule has 0 bridgehead atoms. The second-order valence-corrected chi connectivity index (χ2v) is 8.54. The van der Waals surface area contributed by atoms with Gasteiger partial charge in [-0.05, 0) is 36.8 Å². The molecule has 0 radical (unpaired) electrons. The molecule has 3 aromatic rings. The van der Waals surface area contributed by atoms with Crippen LogP contribution in [0.3, 0.4) is 0 Å².